The molecule has 20 heavy (non-hydrogen) atoms. The number of rotatable bonds is 4. The van der Waals surface area contributed by atoms with E-state index in [-0.39, 0.29) is 16.4 Å². The number of carbonyl (C=O) groups is 2. The minimum absolute atomic E-state index is 0.0773. The van der Waals surface area contributed by atoms with Crippen LogP contribution in [0.25, 0.3) is 6.08 Å². The molecule has 0 aliphatic heterocycles. The van der Waals surface area contributed by atoms with Gasteiger partial charge in [0.1, 0.15) is 10.7 Å². The Morgan fingerprint density at radius 3 is 2.55 bits per heavy atom. The summed E-state index contributed by atoms with van der Waals surface area (Å²) in [6.07, 6.45) is 2.78. The van der Waals surface area contributed by atoms with E-state index in [4.69, 9.17) is 5.11 Å². The number of anilines is 1. The fourth-order valence-corrected chi connectivity index (χ4v) is 2.18. The summed E-state index contributed by atoms with van der Waals surface area (Å²) < 4.78 is 12.7. The van der Waals surface area contributed by atoms with Gasteiger partial charge in [-0.15, -0.1) is 11.3 Å². The Morgan fingerprint density at radius 2 is 1.90 bits per heavy atom. The molecule has 0 aliphatic carbocycles. The second-order valence-electron chi connectivity index (χ2n) is 3.84. The van der Waals surface area contributed by atoms with Crippen LogP contribution >= 0.6 is 11.3 Å². The lowest BCUT2D eigenvalue weighted by Crippen LogP contribution is -2.09. The third-order valence-corrected chi connectivity index (χ3v) is 3.32. The number of benzene rings is 1. The Hall–Kier alpha value is -2.47. The van der Waals surface area contributed by atoms with Crippen molar-refractivity contribution in [2.24, 2.45) is 0 Å². The molecule has 0 saturated carbocycles. The van der Waals surface area contributed by atoms with Gasteiger partial charge in [-0.2, -0.15) is 0 Å². The highest BCUT2D eigenvalue weighted by Gasteiger charge is 2.12. The second kappa shape index (κ2) is 6.12. The SMILES string of the molecule is O=C(/C=C/c1ccc(F)cc1)Nc1ccsc1C(=O)O. The van der Waals surface area contributed by atoms with Crippen LogP contribution in [-0.4, -0.2) is 17.0 Å². The van der Waals surface area contributed by atoms with Gasteiger partial charge in [0.25, 0.3) is 0 Å². The van der Waals surface area contributed by atoms with Crippen molar-refractivity contribution in [3.63, 3.8) is 0 Å². The summed E-state index contributed by atoms with van der Waals surface area (Å²) in [6, 6.07) is 7.18. The Kier molecular flexibility index (Phi) is 4.27. The van der Waals surface area contributed by atoms with E-state index in [1.165, 1.54) is 42.5 Å². The number of thiophene rings is 1. The molecule has 102 valence electrons. The average Bonchev–Trinajstić information content (AvgIpc) is 2.86. The number of carboxylic acid groups (broad SMARTS) is 1. The predicted octanol–water partition coefficient (Wildman–Crippen LogP) is 3.24. The fraction of sp³-hybridized carbons (Fsp3) is 0. The zero-order valence-corrected chi connectivity index (χ0v) is 11.0. The van der Waals surface area contributed by atoms with Crippen LogP contribution in [0, 0.1) is 5.82 Å². The van der Waals surface area contributed by atoms with E-state index >= 15 is 0 Å². The summed E-state index contributed by atoms with van der Waals surface area (Å²) in [5.74, 6) is -1.89. The molecule has 2 N–H and O–H groups in total. The largest absolute Gasteiger partial charge is 0.477 e. The number of hydrogen-bond acceptors (Lipinski definition) is 3. The summed E-state index contributed by atoms with van der Waals surface area (Å²) in [5.41, 5.74) is 0.932. The van der Waals surface area contributed by atoms with Gasteiger partial charge in [0.2, 0.25) is 5.91 Å². The molecule has 1 amide bonds. The highest BCUT2D eigenvalue weighted by Crippen LogP contribution is 2.22. The predicted molar refractivity (Wildman–Crippen MR) is 75.3 cm³/mol. The Balaban J connectivity index is 2.03. The maximum Gasteiger partial charge on any atom is 0.348 e. The molecule has 1 heterocycles. The fourth-order valence-electron chi connectivity index (χ4n) is 1.49. The first-order chi connectivity index (χ1) is 9.56. The molecule has 0 radical (unpaired) electrons. The van der Waals surface area contributed by atoms with Crippen LogP contribution in [0.1, 0.15) is 15.2 Å². The van der Waals surface area contributed by atoms with Crippen LogP contribution in [-0.2, 0) is 4.79 Å². The minimum atomic E-state index is -1.09. The maximum atomic E-state index is 12.7. The van der Waals surface area contributed by atoms with Crippen LogP contribution < -0.4 is 5.32 Å². The van der Waals surface area contributed by atoms with Gasteiger partial charge in [0.05, 0.1) is 5.69 Å². The molecule has 0 aliphatic rings. The first-order valence-corrected chi connectivity index (χ1v) is 6.49. The lowest BCUT2D eigenvalue weighted by molar-refractivity contribution is -0.111. The van der Waals surface area contributed by atoms with E-state index in [9.17, 15) is 14.0 Å². The molecule has 0 fully saturated rings. The third-order valence-electron chi connectivity index (χ3n) is 2.41. The van der Waals surface area contributed by atoms with Crippen molar-refractivity contribution in [1.82, 2.24) is 0 Å². The number of aromatic carboxylic acids is 1. The average molecular weight is 291 g/mol. The van der Waals surface area contributed by atoms with Crippen molar-refractivity contribution < 1.29 is 19.1 Å². The number of hydrogen-bond donors (Lipinski definition) is 2. The maximum absolute atomic E-state index is 12.7. The van der Waals surface area contributed by atoms with Crippen LogP contribution in [0.5, 0.6) is 0 Å². The summed E-state index contributed by atoms with van der Waals surface area (Å²) in [7, 11) is 0. The highest BCUT2D eigenvalue weighted by atomic mass is 32.1. The zero-order chi connectivity index (χ0) is 14.5. The van der Waals surface area contributed by atoms with Gasteiger partial charge in [0, 0.05) is 6.08 Å². The smallest absolute Gasteiger partial charge is 0.348 e. The molecule has 0 bridgehead atoms. The van der Waals surface area contributed by atoms with Crippen LogP contribution in [0.4, 0.5) is 10.1 Å². The monoisotopic (exact) mass is 291 g/mol. The zero-order valence-electron chi connectivity index (χ0n) is 10.2. The third kappa shape index (κ3) is 3.52. The number of carboxylic acids is 1. The minimum Gasteiger partial charge on any atom is -0.477 e. The molecule has 2 rings (SSSR count). The van der Waals surface area contributed by atoms with E-state index in [0.717, 1.165) is 11.3 Å². The van der Waals surface area contributed by atoms with Crippen LogP contribution in [0.2, 0.25) is 0 Å². The first kappa shape index (κ1) is 14.0. The Labute approximate surface area is 118 Å². The number of amides is 1. The standard InChI is InChI=1S/C14H10FNO3S/c15-10-4-1-9(2-5-10)3-6-12(17)16-11-7-8-20-13(11)14(18)19/h1-8H,(H,16,17)(H,18,19)/b6-3+. The molecule has 1 aromatic carbocycles. The molecule has 0 unspecified atom stereocenters. The molecular weight excluding hydrogens is 281 g/mol. The van der Waals surface area contributed by atoms with Crippen molar-refractivity contribution in [3.8, 4) is 0 Å². The molecule has 2 aromatic rings. The van der Waals surface area contributed by atoms with Crippen molar-refractivity contribution >= 4 is 35.0 Å². The number of nitrogens with one attached hydrogen (secondary N) is 1. The number of carbonyl (C=O) groups excluding carboxylic acids is 1. The summed E-state index contributed by atoms with van der Waals surface area (Å²) in [5, 5.41) is 13.0. The molecule has 4 nitrogen and oxygen atoms in total. The normalized spacial score (nSPS) is 10.7. The van der Waals surface area contributed by atoms with E-state index in [2.05, 4.69) is 5.32 Å². The van der Waals surface area contributed by atoms with Crippen LogP contribution in [0.15, 0.2) is 41.8 Å². The van der Waals surface area contributed by atoms with Gasteiger partial charge in [0.15, 0.2) is 0 Å². The Bertz CT molecular complexity index is 661. The van der Waals surface area contributed by atoms with E-state index < -0.39 is 11.9 Å². The van der Waals surface area contributed by atoms with Crippen LogP contribution in [0.3, 0.4) is 0 Å². The molecule has 6 heteroatoms. The van der Waals surface area contributed by atoms with Crippen molar-refractivity contribution in [2.45, 2.75) is 0 Å². The number of halogens is 1. The second-order valence-corrected chi connectivity index (χ2v) is 4.76. The quantitative estimate of drug-likeness (QED) is 0.850. The highest BCUT2D eigenvalue weighted by molar-refractivity contribution is 7.12. The molecule has 1 aromatic heterocycles. The molecule has 0 atom stereocenters. The van der Waals surface area contributed by atoms with Crippen molar-refractivity contribution in [1.29, 1.82) is 0 Å². The van der Waals surface area contributed by atoms with E-state index in [1.54, 1.807) is 5.38 Å². The van der Waals surface area contributed by atoms with Gasteiger partial charge in [-0.25, -0.2) is 9.18 Å². The van der Waals surface area contributed by atoms with Crippen molar-refractivity contribution in [3.05, 3.63) is 58.0 Å². The summed E-state index contributed by atoms with van der Waals surface area (Å²) in [6.45, 7) is 0. The molecular formula is C14H10FNO3S. The van der Waals surface area contributed by atoms with E-state index in [0.29, 0.717) is 5.56 Å². The Morgan fingerprint density at radius 1 is 1.20 bits per heavy atom. The summed E-state index contributed by atoms with van der Waals surface area (Å²) >= 11 is 1.04. The topological polar surface area (TPSA) is 66.4 Å². The van der Waals surface area contributed by atoms with Crippen molar-refractivity contribution in [2.75, 3.05) is 5.32 Å². The lowest BCUT2D eigenvalue weighted by Gasteiger charge is -2.00. The molecule has 0 spiro atoms. The van der Waals surface area contributed by atoms with E-state index in [1.807, 2.05) is 0 Å². The first-order valence-electron chi connectivity index (χ1n) is 5.61. The van der Waals surface area contributed by atoms with Gasteiger partial charge < -0.3 is 10.4 Å². The summed E-state index contributed by atoms with van der Waals surface area (Å²) in [4.78, 5) is 22.6. The van der Waals surface area contributed by atoms with Gasteiger partial charge >= 0.3 is 5.97 Å². The van der Waals surface area contributed by atoms with Gasteiger partial charge in [-0.05, 0) is 35.2 Å². The van der Waals surface area contributed by atoms with Gasteiger partial charge in [-0.3, -0.25) is 4.79 Å². The van der Waals surface area contributed by atoms with Gasteiger partial charge in [-0.1, -0.05) is 12.1 Å². The lowest BCUT2D eigenvalue weighted by atomic mass is 10.2. The molecule has 0 saturated heterocycles.